The largest absolute Gasteiger partial charge is 0.347 e. The number of allylic oxidation sites excluding steroid dienone is 3. The van der Waals surface area contributed by atoms with Crippen LogP contribution in [-0.4, -0.2) is 24.6 Å². The molecule has 0 aliphatic carbocycles. The minimum Gasteiger partial charge on any atom is -0.347 e. The van der Waals surface area contributed by atoms with Gasteiger partial charge in [-0.1, -0.05) is 48.9 Å². The molecule has 0 aromatic heterocycles. The molecule has 0 aliphatic rings. The third-order valence-corrected chi connectivity index (χ3v) is 3.10. The van der Waals surface area contributed by atoms with Gasteiger partial charge in [0.15, 0.2) is 0 Å². The van der Waals surface area contributed by atoms with Crippen LogP contribution in [0.3, 0.4) is 0 Å². The highest BCUT2D eigenvalue weighted by Crippen LogP contribution is 2.02. The van der Waals surface area contributed by atoms with Crippen LogP contribution < -0.4 is 10.6 Å². The Morgan fingerprint density at radius 1 is 1.08 bits per heavy atom. The fourth-order valence-corrected chi connectivity index (χ4v) is 1.75. The van der Waals surface area contributed by atoms with Crippen LogP contribution in [0.2, 0.25) is 0 Å². The number of carbonyl (C=O) groups excluding carboxylic acids is 2. The molecule has 5 heteroatoms. The van der Waals surface area contributed by atoms with E-state index in [0.29, 0.717) is 19.5 Å². The van der Waals surface area contributed by atoms with Crippen molar-refractivity contribution in [3.63, 3.8) is 0 Å². The van der Waals surface area contributed by atoms with Gasteiger partial charge < -0.3 is 10.6 Å². The van der Waals surface area contributed by atoms with Crippen molar-refractivity contribution in [2.45, 2.75) is 33.2 Å². The van der Waals surface area contributed by atoms with Crippen molar-refractivity contribution in [2.24, 2.45) is 4.99 Å². The molecule has 5 nitrogen and oxygen atoms in total. The number of aryl methyl sites for hydroxylation is 1. The number of nitrogens with one attached hydrogen (secondary N) is 2. The molecule has 0 spiro atoms. The molecule has 0 saturated heterocycles. The van der Waals surface area contributed by atoms with E-state index >= 15 is 0 Å². The van der Waals surface area contributed by atoms with Crippen molar-refractivity contribution in [1.29, 1.82) is 0 Å². The standard InChI is InChI=1S/C19H25N3O2/c1-3-4-5-6-12-20-13-7-14-21-18(23)19(24)22-15-17-10-8-16(2)9-11-17/h4-6,8-13H,3,7,14-15H2,1-2H3,(H,21,23)(H,22,24)/b5-4-,12-6-,20-13+. The average molecular weight is 327 g/mol. The van der Waals surface area contributed by atoms with Crippen LogP contribution >= 0.6 is 0 Å². The SMILES string of the molecule is CC\C=C/C=C\N=C\CCNC(=O)C(=O)NCc1ccc(C)cc1. The van der Waals surface area contributed by atoms with E-state index in [1.165, 1.54) is 0 Å². The highest BCUT2D eigenvalue weighted by molar-refractivity contribution is 6.35. The smallest absolute Gasteiger partial charge is 0.309 e. The van der Waals surface area contributed by atoms with E-state index in [1.54, 1.807) is 12.4 Å². The van der Waals surface area contributed by atoms with Gasteiger partial charge in [-0.25, -0.2) is 0 Å². The third-order valence-electron chi connectivity index (χ3n) is 3.10. The summed E-state index contributed by atoms with van der Waals surface area (Å²) in [5.41, 5.74) is 2.11. The summed E-state index contributed by atoms with van der Waals surface area (Å²) in [5.74, 6) is -1.26. The monoisotopic (exact) mass is 327 g/mol. The molecule has 1 aromatic rings. The predicted molar refractivity (Wildman–Crippen MR) is 97.7 cm³/mol. The predicted octanol–water partition coefficient (Wildman–Crippen LogP) is 2.67. The molecule has 0 radical (unpaired) electrons. The van der Waals surface area contributed by atoms with Crippen LogP contribution in [0.4, 0.5) is 0 Å². The molecule has 0 fully saturated rings. The Hall–Kier alpha value is -2.69. The third kappa shape index (κ3) is 8.68. The summed E-state index contributed by atoms with van der Waals surface area (Å²) in [7, 11) is 0. The lowest BCUT2D eigenvalue weighted by atomic mass is 10.1. The first kappa shape index (κ1) is 19.4. The van der Waals surface area contributed by atoms with Crippen LogP contribution in [0, 0.1) is 6.92 Å². The number of aliphatic imine (C=N–C) groups is 1. The summed E-state index contributed by atoms with van der Waals surface area (Å²) in [6.45, 7) is 4.77. The normalized spacial score (nSPS) is 11.4. The Morgan fingerprint density at radius 3 is 2.50 bits per heavy atom. The van der Waals surface area contributed by atoms with Gasteiger partial charge in [0.25, 0.3) is 0 Å². The number of carbonyl (C=O) groups is 2. The number of benzene rings is 1. The number of amides is 2. The molecule has 2 amide bonds. The quantitative estimate of drug-likeness (QED) is 0.333. The first-order chi connectivity index (χ1) is 11.6. The average Bonchev–Trinajstić information content (AvgIpc) is 2.59. The maximum Gasteiger partial charge on any atom is 0.309 e. The lowest BCUT2D eigenvalue weighted by molar-refractivity contribution is -0.139. The molecule has 0 aliphatic heterocycles. The van der Waals surface area contributed by atoms with Gasteiger partial charge in [0, 0.05) is 31.9 Å². The second-order valence-corrected chi connectivity index (χ2v) is 5.22. The van der Waals surface area contributed by atoms with E-state index in [9.17, 15) is 9.59 Å². The van der Waals surface area contributed by atoms with Gasteiger partial charge in [-0.3, -0.25) is 14.6 Å². The molecule has 0 saturated carbocycles. The second kappa shape index (κ2) is 11.8. The maximum atomic E-state index is 11.7. The highest BCUT2D eigenvalue weighted by Gasteiger charge is 2.11. The molecule has 0 atom stereocenters. The molecule has 0 bridgehead atoms. The van der Waals surface area contributed by atoms with Gasteiger partial charge in [-0.05, 0) is 25.0 Å². The molecule has 0 unspecified atom stereocenters. The molecule has 24 heavy (non-hydrogen) atoms. The van der Waals surface area contributed by atoms with Crippen LogP contribution in [0.15, 0.2) is 53.7 Å². The van der Waals surface area contributed by atoms with Gasteiger partial charge >= 0.3 is 11.8 Å². The topological polar surface area (TPSA) is 70.6 Å². The molecule has 0 heterocycles. The van der Waals surface area contributed by atoms with Crippen molar-refractivity contribution in [1.82, 2.24) is 10.6 Å². The first-order valence-electron chi connectivity index (χ1n) is 8.08. The van der Waals surface area contributed by atoms with Gasteiger partial charge in [0.05, 0.1) is 0 Å². The van der Waals surface area contributed by atoms with Crippen LogP contribution in [-0.2, 0) is 16.1 Å². The van der Waals surface area contributed by atoms with Gasteiger partial charge in [0.1, 0.15) is 0 Å². The van der Waals surface area contributed by atoms with Crippen molar-refractivity contribution in [3.8, 4) is 0 Å². The van der Waals surface area contributed by atoms with Crippen molar-refractivity contribution in [2.75, 3.05) is 6.54 Å². The van der Waals surface area contributed by atoms with Gasteiger partial charge in [-0.2, -0.15) is 0 Å². The summed E-state index contributed by atoms with van der Waals surface area (Å²) in [5, 5.41) is 5.15. The minimum absolute atomic E-state index is 0.337. The fraction of sp³-hybridized carbons (Fsp3) is 0.316. The number of nitrogens with zero attached hydrogens (tertiary/aromatic N) is 1. The summed E-state index contributed by atoms with van der Waals surface area (Å²) in [6.07, 6.45) is 10.7. The highest BCUT2D eigenvalue weighted by atomic mass is 16.2. The molecular weight excluding hydrogens is 302 g/mol. The lowest BCUT2D eigenvalue weighted by Crippen LogP contribution is -2.40. The van der Waals surface area contributed by atoms with E-state index in [4.69, 9.17) is 0 Å². The zero-order valence-electron chi connectivity index (χ0n) is 14.3. The van der Waals surface area contributed by atoms with Crippen molar-refractivity contribution >= 4 is 18.0 Å². The first-order valence-corrected chi connectivity index (χ1v) is 8.08. The van der Waals surface area contributed by atoms with Gasteiger partial charge in [0.2, 0.25) is 0 Å². The van der Waals surface area contributed by atoms with Gasteiger partial charge in [-0.15, -0.1) is 0 Å². The Bertz CT molecular complexity index is 602. The molecule has 1 rings (SSSR count). The zero-order chi connectivity index (χ0) is 17.6. The number of rotatable bonds is 8. The van der Waals surface area contributed by atoms with E-state index in [2.05, 4.69) is 22.5 Å². The summed E-state index contributed by atoms with van der Waals surface area (Å²) < 4.78 is 0. The maximum absolute atomic E-state index is 11.7. The van der Waals surface area contributed by atoms with E-state index < -0.39 is 11.8 Å². The van der Waals surface area contributed by atoms with Crippen LogP contribution in [0.5, 0.6) is 0 Å². The lowest BCUT2D eigenvalue weighted by Gasteiger charge is -2.06. The van der Waals surface area contributed by atoms with Crippen LogP contribution in [0.25, 0.3) is 0 Å². The zero-order valence-corrected chi connectivity index (χ0v) is 14.3. The van der Waals surface area contributed by atoms with E-state index in [1.807, 2.05) is 49.4 Å². The second-order valence-electron chi connectivity index (χ2n) is 5.22. The Labute approximate surface area is 143 Å². The fourth-order valence-electron chi connectivity index (χ4n) is 1.75. The Kier molecular flexibility index (Phi) is 9.53. The van der Waals surface area contributed by atoms with E-state index in [-0.39, 0.29) is 0 Å². The molecule has 2 N–H and O–H groups in total. The molecule has 1 aromatic carbocycles. The Morgan fingerprint density at radius 2 is 1.79 bits per heavy atom. The van der Waals surface area contributed by atoms with E-state index in [0.717, 1.165) is 17.5 Å². The van der Waals surface area contributed by atoms with Crippen molar-refractivity contribution < 1.29 is 9.59 Å². The molecule has 128 valence electrons. The molecular formula is C19H25N3O2. The number of hydrogen-bond acceptors (Lipinski definition) is 3. The summed E-state index contributed by atoms with van der Waals surface area (Å²) in [6, 6.07) is 7.78. The Balaban J connectivity index is 2.19. The number of hydrogen-bond donors (Lipinski definition) is 2. The minimum atomic E-state index is -0.628. The summed E-state index contributed by atoms with van der Waals surface area (Å²) >= 11 is 0. The van der Waals surface area contributed by atoms with Crippen molar-refractivity contribution in [3.05, 3.63) is 59.8 Å². The summed E-state index contributed by atoms with van der Waals surface area (Å²) in [4.78, 5) is 27.4. The van der Waals surface area contributed by atoms with Crippen LogP contribution in [0.1, 0.15) is 30.9 Å².